The molecule has 154 valence electrons. The zero-order chi connectivity index (χ0) is 20.1. The van der Waals surface area contributed by atoms with Crippen molar-refractivity contribution in [1.29, 1.82) is 0 Å². The molecule has 2 fully saturated rings. The third-order valence-electron chi connectivity index (χ3n) is 5.58. The monoisotopic (exact) mass is 394 g/mol. The number of nitrogens with zero attached hydrogens (tertiary/aromatic N) is 3. The maximum Gasteiger partial charge on any atom is 0.272 e. The van der Waals surface area contributed by atoms with Crippen molar-refractivity contribution in [3.63, 3.8) is 0 Å². The van der Waals surface area contributed by atoms with E-state index in [4.69, 9.17) is 9.72 Å². The van der Waals surface area contributed by atoms with Crippen LogP contribution in [0.5, 0.6) is 5.75 Å². The number of carbonyl (C=O) groups excluding carboxylic acids is 1. The number of aromatic nitrogens is 1. The molecule has 0 unspecified atom stereocenters. The Morgan fingerprint density at radius 2 is 2.00 bits per heavy atom. The molecule has 1 aromatic carbocycles. The maximum absolute atomic E-state index is 13.1. The van der Waals surface area contributed by atoms with Gasteiger partial charge in [-0.15, -0.1) is 0 Å². The maximum atomic E-state index is 13.1. The molecule has 2 aliphatic rings. The summed E-state index contributed by atoms with van der Waals surface area (Å²) in [6.45, 7) is 7.28. The lowest BCUT2D eigenvalue weighted by atomic mass is 10.1. The predicted molar refractivity (Wildman–Crippen MR) is 115 cm³/mol. The molecule has 1 amide bonds. The zero-order valence-electron chi connectivity index (χ0n) is 17.1. The van der Waals surface area contributed by atoms with Crippen molar-refractivity contribution in [2.45, 2.75) is 32.3 Å². The van der Waals surface area contributed by atoms with Gasteiger partial charge in [-0.1, -0.05) is 18.2 Å². The first kappa shape index (κ1) is 19.7. The quantitative estimate of drug-likeness (QED) is 0.864. The normalized spacial score (nSPS) is 20.2. The number of rotatable bonds is 4. The van der Waals surface area contributed by atoms with Crippen molar-refractivity contribution in [3.8, 4) is 5.75 Å². The van der Waals surface area contributed by atoms with E-state index in [1.54, 1.807) is 0 Å². The molecule has 0 spiro atoms. The van der Waals surface area contributed by atoms with Crippen LogP contribution in [0.2, 0.25) is 0 Å². The smallest absolute Gasteiger partial charge is 0.272 e. The molecule has 2 aliphatic heterocycles. The van der Waals surface area contributed by atoms with Gasteiger partial charge in [-0.3, -0.25) is 4.79 Å². The molecule has 3 heterocycles. The Balaban J connectivity index is 1.42. The highest BCUT2D eigenvalue weighted by Gasteiger charge is 2.27. The lowest BCUT2D eigenvalue weighted by Gasteiger charge is -2.33. The van der Waals surface area contributed by atoms with Gasteiger partial charge in [0.2, 0.25) is 0 Å². The average Bonchev–Trinajstić information content (AvgIpc) is 3.03. The molecule has 0 aliphatic carbocycles. The summed E-state index contributed by atoms with van der Waals surface area (Å²) in [4.78, 5) is 22.0. The predicted octanol–water partition coefficient (Wildman–Crippen LogP) is 2.87. The number of piperidine rings is 1. The fourth-order valence-electron chi connectivity index (χ4n) is 4.06. The number of amides is 1. The van der Waals surface area contributed by atoms with E-state index in [1.165, 1.54) is 5.56 Å². The summed E-state index contributed by atoms with van der Waals surface area (Å²) < 4.78 is 6.16. The number of likely N-dealkylation sites (tertiary alicyclic amines) is 1. The summed E-state index contributed by atoms with van der Waals surface area (Å²) in [6.07, 6.45) is 3.02. The summed E-state index contributed by atoms with van der Waals surface area (Å²) in [6, 6.07) is 13.9. The lowest BCUT2D eigenvalue weighted by Crippen LogP contribution is -2.44. The van der Waals surface area contributed by atoms with Crippen molar-refractivity contribution in [2.75, 3.05) is 44.2 Å². The molecule has 6 nitrogen and oxygen atoms in total. The molecule has 29 heavy (non-hydrogen) atoms. The van der Waals surface area contributed by atoms with E-state index in [1.807, 2.05) is 41.3 Å². The minimum Gasteiger partial charge on any atom is -0.489 e. The average molecular weight is 395 g/mol. The molecule has 1 N–H and O–H groups in total. The molecule has 1 atom stereocenters. The van der Waals surface area contributed by atoms with Crippen LogP contribution in [-0.2, 0) is 0 Å². The highest BCUT2D eigenvalue weighted by molar-refractivity contribution is 5.92. The molecular weight excluding hydrogens is 364 g/mol. The van der Waals surface area contributed by atoms with Gasteiger partial charge < -0.3 is 19.9 Å². The number of hydrogen-bond acceptors (Lipinski definition) is 5. The minimum atomic E-state index is -0.00246. The number of pyridine rings is 1. The van der Waals surface area contributed by atoms with E-state index in [2.05, 4.69) is 23.2 Å². The number of carbonyl (C=O) groups is 1. The fraction of sp³-hybridized carbons (Fsp3) is 0.478. The number of nitrogens with one attached hydrogen (secondary N) is 1. The van der Waals surface area contributed by atoms with Crippen LogP contribution in [0.3, 0.4) is 0 Å². The van der Waals surface area contributed by atoms with Crippen molar-refractivity contribution in [3.05, 3.63) is 53.7 Å². The second kappa shape index (κ2) is 9.27. The molecular formula is C23H30N4O2. The first-order valence-electron chi connectivity index (χ1n) is 10.6. The Bertz CT molecular complexity index is 833. The van der Waals surface area contributed by atoms with Crippen molar-refractivity contribution in [1.82, 2.24) is 15.2 Å². The van der Waals surface area contributed by atoms with Gasteiger partial charge in [-0.05, 0) is 62.6 Å². The molecule has 0 saturated carbocycles. The van der Waals surface area contributed by atoms with E-state index < -0.39 is 0 Å². The summed E-state index contributed by atoms with van der Waals surface area (Å²) in [7, 11) is 0. The first-order chi connectivity index (χ1) is 14.2. The Morgan fingerprint density at radius 1 is 1.10 bits per heavy atom. The Morgan fingerprint density at radius 3 is 2.90 bits per heavy atom. The fourth-order valence-corrected chi connectivity index (χ4v) is 4.06. The number of aryl methyl sites for hydroxylation is 1. The highest BCUT2D eigenvalue weighted by atomic mass is 16.5. The number of anilines is 1. The lowest BCUT2D eigenvalue weighted by molar-refractivity contribution is 0.0532. The summed E-state index contributed by atoms with van der Waals surface area (Å²) in [5.74, 6) is 1.76. The summed E-state index contributed by atoms with van der Waals surface area (Å²) in [5.41, 5.74) is 1.70. The Kier molecular flexibility index (Phi) is 6.30. The van der Waals surface area contributed by atoms with Gasteiger partial charge in [-0.25, -0.2) is 4.98 Å². The second-order valence-corrected chi connectivity index (χ2v) is 7.92. The number of hydrogen-bond donors (Lipinski definition) is 1. The van der Waals surface area contributed by atoms with Crippen LogP contribution in [-0.4, -0.2) is 61.2 Å². The molecule has 1 aromatic heterocycles. The highest BCUT2D eigenvalue weighted by Crippen LogP contribution is 2.21. The number of benzene rings is 1. The van der Waals surface area contributed by atoms with Gasteiger partial charge in [0, 0.05) is 26.2 Å². The van der Waals surface area contributed by atoms with Gasteiger partial charge in [0.25, 0.3) is 5.91 Å². The largest absolute Gasteiger partial charge is 0.489 e. The van der Waals surface area contributed by atoms with Crippen molar-refractivity contribution in [2.24, 2.45) is 0 Å². The molecule has 0 bridgehead atoms. The van der Waals surface area contributed by atoms with Crippen LogP contribution < -0.4 is 15.0 Å². The third kappa shape index (κ3) is 5.07. The number of ether oxygens (including phenoxy) is 1. The zero-order valence-corrected chi connectivity index (χ0v) is 17.1. The molecule has 2 saturated heterocycles. The summed E-state index contributed by atoms with van der Waals surface area (Å²) in [5, 5.41) is 3.41. The molecule has 6 heteroatoms. The SMILES string of the molecule is Cc1cccc(O[C@H]2CCCN(C(=O)c3cccc(N4CCCNCC4)n3)C2)c1. The van der Waals surface area contributed by atoms with E-state index in [0.717, 1.165) is 63.6 Å². The van der Waals surface area contributed by atoms with Crippen molar-refractivity contribution >= 4 is 11.7 Å². The van der Waals surface area contributed by atoms with Gasteiger partial charge in [-0.2, -0.15) is 0 Å². The van der Waals surface area contributed by atoms with Gasteiger partial charge >= 0.3 is 0 Å². The first-order valence-corrected chi connectivity index (χ1v) is 10.6. The Hall–Kier alpha value is -2.60. The standard InChI is InChI=1S/C23H30N4O2/c1-18-6-2-7-19(16-18)29-20-8-4-13-27(17-20)23(28)21-9-3-10-22(25-21)26-14-5-11-24-12-15-26/h2-3,6-7,9-10,16,20,24H,4-5,8,11-15,17H2,1H3/t20-/m0/s1. The topological polar surface area (TPSA) is 57.7 Å². The molecule has 0 radical (unpaired) electrons. The van der Waals surface area contributed by atoms with E-state index in [0.29, 0.717) is 12.2 Å². The van der Waals surface area contributed by atoms with E-state index in [-0.39, 0.29) is 12.0 Å². The van der Waals surface area contributed by atoms with Crippen LogP contribution in [0, 0.1) is 6.92 Å². The van der Waals surface area contributed by atoms with Crippen LogP contribution in [0.15, 0.2) is 42.5 Å². The van der Waals surface area contributed by atoms with Crippen LogP contribution in [0.1, 0.15) is 35.3 Å². The van der Waals surface area contributed by atoms with Gasteiger partial charge in [0.05, 0.1) is 6.54 Å². The van der Waals surface area contributed by atoms with Crippen molar-refractivity contribution < 1.29 is 9.53 Å². The van der Waals surface area contributed by atoms with Crippen LogP contribution in [0.25, 0.3) is 0 Å². The van der Waals surface area contributed by atoms with Crippen LogP contribution in [0.4, 0.5) is 5.82 Å². The van der Waals surface area contributed by atoms with E-state index in [9.17, 15) is 4.79 Å². The van der Waals surface area contributed by atoms with Gasteiger partial charge in [0.1, 0.15) is 23.4 Å². The third-order valence-corrected chi connectivity index (χ3v) is 5.58. The van der Waals surface area contributed by atoms with Gasteiger partial charge in [0.15, 0.2) is 0 Å². The summed E-state index contributed by atoms with van der Waals surface area (Å²) >= 11 is 0. The second-order valence-electron chi connectivity index (χ2n) is 7.92. The molecule has 2 aromatic rings. The minimum absolute atomic E-state index is 0.00246. The Labute approximate surface area is 172 Å². The molecule has 4 rings (SSSR count). The van der Waals surface area contributed by atoms with Crippen LogP contribution >= 0.6 is 0 Å². The van der Waals surface area contributed by atoms with E-state index >= 15 is 0 Å².